The summed E-state index contributed by atoms with van der Waals surface area (Å²) in [5.41, 5.74) is 3.31. The molecule has 0 saturated heterocycles. The van der Waals surface area contributed by atoms with E-state index in [1.807, 2.05) is 57.8 Å². The van der Waals surface area contributed by atoms with Gasteiger partial charge in [-0.1, -0.05) is 23.4 Å². The first kappa shape index (κ1) is 21.0. The summed E-state index contributed by atoms with van der Waals surface area (Å²) in [5.74, 6) is 6.16. The van der Waals surface area contributed by atoms with E-state index in [0.717, 1.165) is 5.92 Å². The van der Waals surface area contributed by atoms with Crippen molar-refractivity contribution in [3.63, 3.8) is 0 Å². The van der Waals surface area contributed by atoms with Crippen molar-refractivity contribution in [1.82, 2.24) is 0 Å². The summed E-state index contributed by atoms with van der Waals surface area (Å²) >= 11 is 5.63. The molecule has 120 valence electrons. The van der Waals surface area contributed by atoms with Crippen LogP contribution in [0, 0.1) is 81.4 Å². The summed E-state index contributed by atoms with van der Waals surface area (Å²) in [6, 6.07) is 4.28. The maximum atomic E-state index is 12.9. The molecular formula is C19H14ClFFeN2+2. The molecule has 24 heavy (non-hydrogen) atoms. The zero-order valence-electron chi connectivity index (χ0n) is 12.6. The largest absolute Gasteiger partial charge is 2.00 e. The third kappa shape index (κ3) is 8.20. The molecule has 0 amide bonds. The average molecular weight is 381 g/mol. The Hall–Kier alpha value is -1.01. The number of halogens is 2. The van der Waals surface area contributed by atoms with Gasteiger partial charge in [0.15, 0.2) is 0 Å². The van der Waals surface area contributed by atoms with Crippen LogP contribution >= 0.6 is 11.6 Å². The molecule has 0 unspecified atom stereocenters. The molecule has 0 spiro atoms. The summed E-state index contributed by atoms with van der Waals surface area (Å²) < 4.78 is 12.9. The van der Waals surface area contributed by atoms with Crippen molar-refractivity contribution >= 4 is 23.5 Å². The second-order valence-electron chi connectivity index (χ2n) is 4.40. The molecule has 1 aromatic carbocycles. The van der Waals surface area contributed by atoms with Gasteiger partial charge in [-0.05, 0) is 76.0 Å². The van der Waals surface area contributed by atoms with Gasteiger partial charge in [0.25, 0.3) is 0 Å². The number of hydrogen-bond acceptors (Lipinski definition) is 2. The minimum absolute atomic E-state index is 0. The van der Waals surface area contributed by atoms with Crippen molar-refractivity contribution in [2.45, 2.75) is 0 Å². The number of nitrogens with zero attached hydrogens (tertiary/aromatic N) is 1. The molecule has 1 N–H and O–H groups in total. The minimum atomic E-state index is -0.456. The van der Waals surface area contributed by atoms with Crippen molar-refractivity contribution in [2.75, 3.05) is 5.43 Å². The third-order valence-electron chi connectivity index (χ3n) is 2.68. The van der Waals surface area contributed by atoms with Crippen molar-refractivity contribution in [2.24, 2.45) is 5.10 Å². The number of hydrogen-bond donors (Lipinski definition) is 1. The van der Waals surface area contributed by atoms with Gasteiger partial charge in [-0.2, -0.15) is 5.10 Å². The van der Waals surface area contributed by atoms with Crippen LogP contribution in [0.5, 0.6) is 0 Å². The molecule has 2 aliphatic carbocycles. The molecule has 2 nitrogen and oxygen atoms in total. The molecule has 0 bridgehead atoms. The SMILES string of the molecule is Fc1ccc(N/N=C/C#C[C]2[CH][CH][CH][CH]2)cc1Cl.[CH]1[CH][CH][CH][CH]1.[Fe+2]. The zero-order valence-corrected chi connectivity index (χ0v) is 14.4. The fourth-order valence-electron chi connectivity index (χ4n) is 1.60. The number of benzene rings is 1. The monoisotopic (exact) mass is 380 g/mol. The van der Waals surface area contributed by atoms with Gasteiger partial charge in [-0.15, -0.1) is 0 Å². The first-order chi connectivity index (χ1) is 11.3. The Morgan fingerprint density at radius 1 is 1.00 bits per heavy atom. The number of hydrazone groups is 1. The predicted octanol–water partition coefficient (Wildman–Crippen LogP) is 4.30. The van der Waals surface area contributed by atoms with Crippen LogP contribution in [0.15, 0.2) is 23.3 Å². The van der Waals surface area contributed by atoms with Gasteiger partial charge in [0, 0.05) is 0 Å². The number of anilines is 1. The van der Waals surface area contributed by atoms with Crippen molar-refractivity contribution < 1.29 is 21.5 Å². The second-order valence-corrected chi connectivity index (χ2v) is 4.81. The van der Waals surface area contributed by atoms with Crippen LogP contribution < -0.4 is 5.43 Å². The first-order valence-corrected chi connectivity index (χ1v) is 7.26. The topological polar surface area (TPSA) is 24.4 Å². The summed E-state index contributed by atoms with van der Waals surface area (Å²) in [7, 11) is 0. The number of rotatable bonds is 2. The van der Waals surface area contributed by atoms with Crippen LogP contribution in [0.1, 0.15) is 0 Å². The standard InChI is InChI=1S/C14H9ClFN2.C5H5.Fe/c15-13-10-12(7-8-14(13)16)18-17-9-3-6-11-4-1-2-5-11;1-2-4-5-3-1;/h1-2,4-5,7-10,18H;1-5H;/q;;+2/b17-9+;;. The molecular weight excluding hydrogens is 367 g/mol. The van der Waals surface area contributed by atoms with Crippen LogP contribution in [0.3, 0.4) is 0 Å². The van der Waals surface area contributed by atoms with E-state index in [4.69, 9.17) is 11.6 Å². The molecule has 2 saturated carbocycles. The van der Waals surface area contributed by atoms with Gasteiger partial charge in [-0.25, -0.2) is 4.39 Å². The Kier molecular flexibility index (Phi) is 10.8. The van der Waals surface area contributed by atoms with Crippen LogP contribution in [0.2, 0.25) is 5.02 Å². The average Bonchev–Trinajstić information content (AvgIpc) is 3.26. The van der Waals surface area contributed by atoms with Gasteiger partial charge >= 0.3 is 17.1 Å². The van der Waals surface area contributed by atoms with E-state index in [1.54, 1.807) is 6.07 Å². The Balaban J connectivity index is 0.000000412. The van der Waals surface area contributed by atoms with Crippen molar-refractivity contribution in [3.05, 3.63) is 92.7 Å². The molecule has 2 fully saturated rings. The second kappa shape index (κ2) is 12.4. The summed E-state index contributed by atoms with van der Waals surface area (Å²) in [6.07, 6.45) is 19.1. The summed E-state index contributed by atoms with van der Waals surface area (Å²) in [5, 5.41) is 3.94. The van der Waals surface area contributed by atoms with E-state index >= 15 is 0 Å². The van der Waals surface area contributed by atoms with Gasteiger partial charge in [0.1, 0.15) is 5.82 Å². The van der Waals surface area contributed by atoms with E-state index in [9.17, 15) is 4.39 Å². The maximum Gasteiger partial charge on any atom is 2.00 e. The van der Waals surface area contributed by atoms with Crippen LogP contribution in [-0.2, 0) is 17.1 Å². The van der Waals surface area contributed by atoms with Crippen LogP contribution in [0.4, 0.5) is 10.1 Å². The smallest absolute Gasteiger partial charge is 0.278 e. The Bertz CT molecular complexity index is 563. The first-order valence-electron chi connectivity index (χ1n) is 6.88. The molecule has 1 aromatic rings. The van der Waals surface area contributed by atoms with E-state index in [1.165, 1.54) is 18.3 Å². The van der Waals surface area contributed by atoms with Crippen LogP contribution in [0.25, 0.3) is 0 Å². The van der Waals surface area contributed by atoms with Gasteiger partial charge < -0.3 is 0 Å². The molecule has 3 rings (SSSR count). The fraction of sp³-hybridized carbons (Fsp3) is 0. The van der Waals surface area contributed by atoms with Gasteiger partial charge in [-0.3, -0.25) is 5.43 Å². The minimum Gasteiger partial charge on any atom is -0.278 e. The van der Waals surface area contributed by atoms with E-state index in [0.29, 0.717) is 5.69 Å². The zero-order chi connectivity index (χ0) is 16.3. The molecule has 0 atom stereocenters. The molecule has 0 heterocycles. The van der Waals surface area contributed by atoms with E-state index < -0.39 is 5.82 Å². The predicted molar refractivity (Wildman–Crippen MR) is 93.2 cm³/mol. The van der Waals surface area contributed by atoms with Gasteiger partial charge in [0.2, 0.25) is 0 Å². The quantitative estimate of drug-likeness (QED) is 0.352. The van der Waals surface area contributed by atoms with Crippen molar-refractivity contribution in [3.8, 4) is 11.8 Å². The summed E-state index contributed by atoms with van der Waals surface area (Å²) in [4.78, 5) is 0. The molecule has 0 aromatic heterocycles. The number of nitrogens with one attached hydrogen (secondary N) is 1. The normalized spacial score (nSPS) is 16.8. The van der Waals surface area contributed by atoms with E-state index in [2.05, 4.69) is 22.4 Å². The van der Waals surface area contributed by atoms with E-state index in [-0.39, 0.29) is 22.1 Å². The Morgan fingerprint density at radius 3 is 2.21 bits per heavy atom. The Morgan fingerprint density at radius 2 is 1.62 bits per heavy atom. The summed E-state index contributed by atoms with van der Waals surface area (Å²) in [6.45, 7) is 0. The Labute approximate surface area is 160 Å². The van der Waals surface area contributed by atoms with Gasteiger partial charge in [0.05, 0.1) is 22.8 Å². The van der Waals surface area contributed by atoms with Crippen molar-refractivity contribution in [1.29, 1.82) is 0 Å². The molecule has 2 aliphatic rings. The van der Waals surface area contributed by atoms with Crippen LogP contribution in [-0.4, -0.2) is 6.21 Å². The molecule has 5 heteroatoms. The molecule has 0 aliphatic heterocycles. The molecule has 10 radical (unpaired) electrons. The maximum absolute atomic E-state index is 12.9. The third-order valence-corrected chi connectivity index (χ3v) is 2.97. The fourth-order valence-corrected chi connectivity index (χ4v) is 1.78.